The number of aliphatic carboxylic acids is 1. The molecule has 0 aliphatic carbocycles. The van der Waals surface area contributed by atoms with Crippen molar-refractivity contribution in [3.8, 4) is 0 Å². The van der Waals surface area contributed by atoms with Gasteiger partial charge < -0.3 is 35.3 Å². The monoisotopic (exact) mass is 523 g/mol. The molecule has 0 saturated carbocycles. The van der Waals surface area contributed by atoms with E-state index in [0.717, 1.165) is 16.2 Å². The minimum absolute atomic E-state index is 0. The summed E-state index contributed by atoms with van der Waals surface area (Å²) in [5, 5.41) is 19.3. The van der Waals surface area contributed by atoms with Crippen molar-refractivity contribution in [3.63, 3.8) is 0 Å². The third-order valence-electron chi connectivity index (χ3n) is 4.71. The predicted molar refractivity (Wildman–Crippen MR) is 115 cm³/mol. The molecule has 0 aromatic carbocycles. The number of amides is 2. The zero-order chi connectivity index (χ0) is 22.8. The van der Waals surface area contributed by atoms with E-state index >= 15 is 0 Å². The van der Waals surface area contributed by atoms with E-state index in [1.165, 1.54) is 36.0 Å². The Morgan fingerprint density at radius 2 is 2.30 bits per heavy atom. The van der Waals surface area contributed by atoms with Crippen molar-refractivity contribution in [2.24, 2.45) is 5.16 Å². The second-order valence-corrected chi connectivity index (χ2v) is 9.81. The number of rotatable bonds is 8. The summed E-state index contributed by atoms with van der Waals surface area (Å²) in [5.74, 6) is -1.84. The number of carbonyl (C=O) groups excluding carboxylic acids is 3. The fourth-order valence-corrected chi connectivity index (χ4v) is 6.43. The Kier molecular flexibility index (Phi) is 9.08. The van der Waals surface area contributed by atoms with Crippen LogP contribution in [0.5, 0.6) is 0 Å². The molecule has 2 fully saturated rings. The number of hydrogen-bond acceptors (Lipinski definition) is 13. The average Bonchev–Trinajstić information content (AvgIpc) is 3.45. The van der Waals surface area contributed by atoms with Crippen molar-refractivity contribution >= 4 is 63.5 Å². The van der Waals surface area contributed by atoms with Crippen LogP contribution in [0.4, 0.5) is 5.13 Å². The van der Waals surface area contributed by atoms with E-state index in [0.29, 0.717) is 23.0 Å². The van der Waals surface area contributed by atoms with Crippen LogP contribution in [0.25, 0.3) is 0 Å². The Balaban J connectivity index is 0.00000306. The van der Waals surface area contributed by atoms with E-state index in [-0.39, 0.29) is 64.7 Å². The van der Waals surface area contributed by atoms with Crippen molar-refractivity contribution < 1.29 is 63.4 Å². The van der Waals surface area contributed by atoms with Crippen LogP contribution in [0, 0.1) is 0 Å². The number of oxime groups is 1. The molecular weight excluding hydrogens is 505 g/mol. The largest absolute Gasteiger partial charge is 1.00 e. The number of anilines is 1. The molecule has 2 saturated heterocycles. The molecule has 0 bridgehead atoms. The molecule has 3 atom stereocenters. The van der Waals surface area contributed by atoms with Gasteiger partial charge in [0.2, 0.25) is 0 Å². The summed E-state index contributed by atoms with van der Waals surface area (Å²) < 4.78 is 10.5. The van der Waals surface area contributed by atoms with Crippen molar-refractivity contribution in [2.75, 3.05) is 37.7 Å². The van der Waals surface area contributed by atoms with Gasteiger partial charge in [0.25, 0.3) is 11.8 Å². The number of nitrogens with one attached hydrogen (secondary N) is 1. The topological polar surface area (TPSA) is 168 Å². The van der Waals surface area contributed by atoms with Crippen LogP contribution in [0.2, 0.25) is 0 Å². The number of carbonyl (C=O) groups is 3. The molecule has 1 aromatic heterocycles. The van der Waals surface area contributed by atoms with Crippen LogP contribution in [-0.4, -0.2) is 82.9 Å². The zero-order valence-corrected chi connectivity index (χ0v) is 22.1. The fourth-order valence-electron chi connectivity index (χ4n) is 3.25. The number of thiazole rings is 1. The van der Waals surface area contributed by atoms with Crippen LogP contribution in [-0.2, 0) is 28.7 Å². The maximum Gasteiger partial charge on any atom is 1.00 e. The number of ether oxygens (including phenoxy) is 2. The molecular formula is C17H18N5NaO7S3. The van der Waals surface area contributed by atoms with Crippen molar-refractivity contribution in [2.45, 2.75) is 17.5 Å². The Morgan fingerprint density at radius 3 is 2.91 bits per heavy atom. The predicted octanol–water partition coefficient (Wildman–Crippen LogP) is -4.45. The van der Waals surface area contributed by atoms with Crippen LogP contribution in [0.1, 0.15) is 5.69 Å². The molecule has 3 aliphatic heterocycles. The van der Waals surface area contributed by atoms with E-state index in [4.69, 9.17) is 20.0 Å². The van der Waals surface area contributed by atoms with Gasteiger partial charge in [-0.25, -0.2) is 4.98 Å². The number of thioether (sulfide) groups is 2. The van der Waals surface area contributed by atoms with Gasteiger partial charge in [-0.1, -0.05) is 5.16 Å². The molecule has 12 nitrogen and oxygen atoms in total. The van der Waals surface area contributed by atoms with Gasteiger partial charge in [0.15, 0.2) is 10.8 Å². The van der Waals surface area contributed by atoms with Crippen molar-refractivity contribution in [1.29, 1.82) is 0 Å². The van der Waals surface area contributed by atoms with E-state index in [1.54, 1.807) is 0 Å². The third-order valence-corrected chi connectivity index (χ3v) is 8.07. The van der Waals surface area contributed by atoms with E-state index in [2.05, 4.69) is 15.5 Å². The summed E-state index contributed by atoms with van der Waals surface area (Å²) in [6.45, 7) is 0.645. The van der Waals surface area contributed by atoms with Crippen molar-refractivity contribution in [3.05, 3.63) is 21.7 Å². The number of nitrogen functional groups attached to an aromatic ring is 1. The molecule has 3 aliphatic rings. The molecule has 33 heavy (non-hydrogen) atoms. The number of aromatic nitrogens is 1. The van der Waals surface area contributed by atoms with E-state index in [9.17, 15) is 19.5 Å². The van der Waals surface area contributed by atoms with Gasteiger partial charge in [-0.15, -0.1) is 34.9 Å². The Labute approximate surface area is 222 Å². The zero-order valence-electron chi connectivity index (χ0n) is 17.6. The molecule has 3 N–H and O–H groups in total. The number of nitrogens with two attached hydrogens (primary N) is 1. The standard InChI is InChI=1S/C17H19N5O7S3.Na/c1-27-21-10(8-4-32-17(18)19-8)13(23)20-11-14(24)22-12(16(25)26)9(5-31-15(11)22)30-3-7-2-28-6-29-7;/h4,7,11,15H,2-3,5-6H2,1H3,(H2,18,19)(H,20,23)(H,25,26);/q;+1/p-1/b21-10-;/t7?,11?,15-;/m1./s1. The summed E-state index contributed by atoms with van der Waals surface area (Å²) >= 11 is 3.77. The SMILES string of the molecule is CO/N=C(\C(=O)NC1C(=O)N2C(C(=O)[O-])=C(SCC3COCO3)CS[C@H]12)c1csc(N)n1.[Na+]. The Bertz CT molecular complexity index is 997. The first-order valence-corrected chi connectivity index (χ1v) is 12.2. The third kappa shape index (κ3) is 5.51. The summed E-state index contributed by atoms with van der Waals surface area (Å²) in [5.41, 5.74) is 5.51. The smallest absolute Gasteiger partial charge is 0.543 e. The molecule has 0 spiro atoms. The summed E-state index contributed by atoms with van der Waals surface area (Å²) in [4.78, 5) is 47.8. The van der Waals surface area contributed by atoms with Gasteiger partial charge >= 0.3 is 29.6 Å². The first-order chi connectivity index (χ1) is 15.4. The first kappa shape index (κ1) is 26.3. The van der Waals surface area contributed by atoms with E-state index < -0.39 is 29.2 Å². The van der Waals surface area contributed by atoms with Gasteiger partial charge in [0.05, 0.1) is 24.4 Å². The van der Waals surface area contributed by atoms with Gasteiger partial charge in [-0.05, 0) is 0 Å². The maximum absolute atomic E-state index is 12.8. The molecule has 0 radical (unpaired) electrons. The van der Waals surface area contributed by atoms with Crippen LogP contribution >= 0.6 is 34.9 Å². The maximum atomic E-state index is 12.8. The van der Waals surface area contributed by atoms with Crippen LogP contribution in [0.3, 0.4) is 0 Å². The number of fused-ring (bicyclic) bond motifs is 1. The molecule has 1 aromatic rings. The van der Waals surface area contributed by atoms with Crippen LogP contribution in [0.15, 0.2) is 21.1 Å². The molecule has 2 unspecified atom stereocenters. The molecule has 2 amide bonds. The normalized spacial score (nSPS) is 24.6. The summed E-state index contributed by atoms with van der Waals surface area (Å²) in [7, 11) is 1.27. The first-order valence-electron chi connectivity index (χ1n) is 9.25. The van der Waals surface area contributed by atoms with Gasteiger partial charge in [-0.2, -0.15) is 0 Å². The number of carboxylic acid groups (broad SMARTS) is 1. The van der Waals surface area contributed by atoms with Gasteiger partial charge in [0, 0.05) is 21.8 Å². The molecule has 4 heterocycles. The number of nitrogens with zero attached hydrogens (tertiary/aromatic N) is 3. The Morgan fingerprint density at radius 1 is 1.52 bits per heavy atom. The summed E-state index contributed by atoms with van der Waals surface area (Å²) in [6, 6.07) is -0.932. The van der Waals surface area contributed by atoms with E-state index in [1.807, 2.05) is 0 Å². The minimum Gasteiger partial charge on any atom is -0.543 e. The number of β-lactam (4-membered cyclic amide) rings is 1. The second-order valence-electron chi connectivity index (χ2n) is 6.70. The van der Waals surface area contributed by atoms with Gasteiger partial charge in [0.1, 0.15) is 31.0 Å². The molecule has 16 heteroatoms. The summed E-state index contributed by atoms with van der Waals surface area (Å²) in [6.07, 6.45) is -0.143. The van der Waals surface area contributed by atoms with Crippen molar-refractivity contribution in [1.82, 2.24) is 15.2 Å². The minimum atomic E-state index is -1.45. The average molecular weight is 524 g/mol. The quantitative estimate of drug-likeness (QED) is 0.146. The Hall–Kier alpha value is -1.33. The fraction of sp³-hybridized carbons (Fsp3) is 0.471. The second kappa shape index (κ2) is 11.4. The number of carboxylic acids is 1. The van der Waals surface area contributed by atoms with Gasteiger partial charge in [-0.3, -0.25) is 14.5 Å². The van der Waals surface area contributed by atoms with Crippen LogP contribution < -0.4 is 45.7 Å². The number of hydrogen-bond donors (Lipinski definition) is 2. The molecule has 172 valence electrons. The molecule has 4 rings (SSSR count).